The van der Waals surface area contributed by atoms with E-state index in [0.29, 0.717) is 6.42 Å². The summed E-state index contributed by atoms with van der Waals surface area (Å²) in [5.74, 6) is -0.229. The Labute approximate surface area is 112 Å². The van der Waals surface area contributed by atoms with Gasteiger partial charge < -0.3 is 0 Å². The second-order valence-corrected chi connectivity index (χ2v) is 4.58. The summed E-state index contributed by atoms with van der Waals surface area (Å²) in [7, 11) is 0. The molecule has 0 fully saturated rings. The van der Waals surface area contributed by atoms with Crippen molar-refractivity contribution in [2.24, 2.45) is 11.0 Å². The van der Waals surface area contributed by atoms with Crippen LogP contribution in [0.5, 0.6) is 0 Å². The standard InChI is InChI=1S/C16H14N2O/c19-16-14(11-12-7-3-1-4-8-12)15(17-18-16)13-9-5-2-6-10-13/h1-10,14H,11H2,(H,18,19)/t14-/m0/s1. The summed E-state index contributed by atoms with van der Waals surface area (Å²) < 4.78 is 0. The van der Waals surface area contributed by atoms with Crippen LogP contribution in [0.25, 0.3) is 0 Å². The number of nitrogens with one attached hydrogen (secondary N) is 1. The molecule has 3 nitrogen and oxygen atoms in total. The van der Waals surface area contributed by atoms with Gasteiger partial charge in [0, 0.05) is 0 Å². The highest BCUT2D eigenvalue weighted by Gasteiger charge is 2.30. The van der Waals surface area contributed by atoms with E-state index in [4.69, 9.17) is 0 Å². The van der Waals surface area contributed by atoms with Crippen LogP contribution in [0.3, 0.4) is 0 Å². The smallest absolute Gasteiger partial charge is 0.249 e. The van der Waals surface area contributed by atoms with E-state index in [-0.39, 0.29) is 11.8 Å². The van der Waals surface area contributed by atoms with Gasteiger partial charge in [0.1, 0.15) is 0 Å². The van der Waals surface area contributed by atoms with Gasteiger partial charge in [0.15, 0.2) is 0 Å². The Balaban J connectivity index is 1.87. The average Bonchev–Trinajstić information content (AvgIpc) is 2.82. The number of carbonyl (C=O) groups is 1. The van der Waals surface area contributed by atoms with Gasteiger partial charge in [0.25, 0.3) is 0 Å². The fraction of sp³-hybridized carbons (Fsp3) is 0.125. The molecule has 0 aromatic heterocycles. The van der Waals surface area contributed by atoms with Gasteiger partial charge in [-0.15, -0.1) is 0 Å². The average molecular weight is 250 g/mol. The van der Waals surface area contributed by atoms with Crippen molar-refractivity contribution in [1.82, 2.24) is 5.43 Å². The predicted octanol–water partition coefficient (Wildman–Crippen LogP) is 2.38. The second kappa shape index (κ2) is 5.06. The predicted molar refractivity (Wildman–Crippen MR) is 74.8 cm³/mol. The number of carbonyl (C=O) groups excluding carboxylic acids is 1. The molecule has 1 aliphatic rings. The molecule has 3 rings (SSSR count). The number of rotatable bonds is 3. The van der Waals surface area contributed by atoms with E-state index >= 15 is 0 Å². The zero-order chi connectivity index (χ0) is 13.1. The van der Waals surface area contributed by atoms with E-state index in [0.717, 1.165) is 16.8 Å². The van der Waals surface area contributed by atoms with E-state index in [1.165, 1.54) is 0 Å². The maximum atomic E-state index is 11.9. The molecule has 0 unspecified atom stereocenters. The minimum atomic E-state index is -0.204. The van der Waals surface area contributed by atoms with Crippen LogP contribution in [0.15, 0.2) is 65.8 Å². The van der Waals surface area contributed by atoms with Gasteiger partial charge in [-0.1, -0.05) is 60.7 Å². The number of hydrogen-bond acceptors (Lipinski definition) is 2. The highest BCUT2D eigenvalue weighted by atomic mass is 16.2. The third-order valence-electron chi connectivity index (χ3n) is 3.29. The molecule has 0 saturated carbocycles. The van der Waals surface area contributed by atoms with Crippen molar-refractivity contribution in [3.8, 4) is 0 Å². The quantitative estimate of drug-likeness (QED) is 0.892. The van der Waals surface area contributed by atoms with Crippen molar-refractivity contribution < 1.29 is 4.79 Å². The monoisotopic (exact) mass is 250 g/mol. The van der Waals surface area contributed by atoms with Crippen molar-refractivity contribution in [3.63, 3.8) is 0 Å². The van der Waals surface area contributed by atoms with E-state index in [9.17, 15) is 4.79 Å². The van der Waals surface area contributed by atoms with E-state index in [1.54, 1.807) is 0 Å². The normalized spacial score (nSPS) is 18.0. The molecule has 0 spiro atoms. The topological polar surface area (TPSA) is 41.5 Å². The highest BCUT2D eigenvalue weighted by molar-refractivity contribution is 6.16. The van der Waals surface area contributed by atoms with Crippen molar-refractivity contribution in [3.05, 3.63) is 71.8 Å². The lowest BCUT2D eigenvalue weighted by molar-refractivity contribution is -0.122. The fourth-order valence-corrected chi connectivity index (χ4v) is 2.31. The molecule has 0 aliphatic carbocycles. The Kier molecular flexibility index (Phi) is 3.11. The van der Waals surface area contributed by atoms with Crippen LogP contribution in [-0.2, 0) is 11.2 Å². The summed E-state index contributed by atoms with van der Waals surface area (Å²) in [6.07, 6.45) is 0.681. The first-order valence-corrected chi connectivity index (χ1v) is 6.31. The summed E-state index contributed by atoms with van der Waals surface area (Å²) >= 11 is 0. The summed E-state index contributed by atoms with van der Waals surface area (Å²) in [6.45, 7) is 0. The van der Waals surface area contributed by atoms with Crippen molar-refractivity contribution in [1.29, 1.82) is 0 Å². The summed E-state index contributed by atoms with van der Waals surface area (Å²) in [5.41, 5.74) is 5.56. The molecule has 1 atom stereocenters. The number of hydrogen-bond donors (Lipinski definition) is 1. The van der Waals surface area contributed by atoms with E-state index < -0.39 is 0 Å². The molecule has 1 amide bonds. The van der Waals surface area contributed by atoms with Gasteiger partial charge in [-0.2, -0.15) is 5.10 Å². The molecule has 1 N–H and O–H groups in total. The van der Waals surface area contributed by atoms with Crippen molar-refractivity contribution in [2.45, 2.75) is 6.42 Å². The van der Waals surface area contributed by atoms with E-state index in [2.05, 4.69) is 10.5 Å². The molecule has 0 bridgehead atoms. The van der Waals surface area contributed by atoms with Crippen LogP contribution in [-0.4, -0.2) is 11.6 Å². The van der Waals surface area contributed by atoms with Gasteiger partial charge in [-0.05, 0) is 17.5 Å². The molecular weight excluding hydrogens is 236 g/mol. The lowest BCUT2D eigenvalue weighted by Crippen LogP contribution is -2.25. The third kappa shape index (κ3) is 2.40. The zero-order valence-corrected chi connectivity index (χ0v) is 10.4. The lowest BCUT2D eigenvalue weighted by Gasteiger charge is -2.10. The first kappa shape index (κ1) is 11.7. The maximum absolute atomic E-state index is 11.9. The Bertz CT molecular complexity index is 605. The molecule has 19 heavy (non-hydrogen) atoms. The maximum Gasteiger partial charge on any atom is 0.249 e. The first-order chi connectivity index (χ1) is 9.34. The van der Waals surface area contributed by atoms with Crippen LogP contribution in [0, 0.1) is 5.92 Å². The van der Waals surface area contributed by atoms with E-state index in [1.807, 2.05) is 60.7 Å². The van der Waals surface area contributed by atoms with Gasteiger partial charge in [0.2, 0.25) is 5.91 Å². The Morgan fingerprint density at radius 3 is 2.26 bits per heavy atom. The Morgan fingerprint density at radius 2 is 1.58 bits per heavy atom. The number of benzene rings is 2. The summed E-state index contributed by atoms with van der Waals surface area (Å²) in [5, 5.41) is 4.18. The fourth-order valence-electron chi connectivity index (χ4n) is 2.31. The minimum Gasteiger partial charge on any atom is -0.272 e. The molecule has 1 aliphatic heterocycles. The molecule has 2 aromatic carbocycles. The van der Waals surface area contributed by atoms with Crippen LogP contribution < -0.4 is 5.43 Å². The van der Waals surface area contributed by atoms with Crippen LogP contribution in [0.2, 0.25) is 0 Å². The SMILES string of the molecule is O=C1NN=C(c2ccccc2)[C@@H]1Cc1ccccc1. The molecular formula is C16H14N2O. The number of amides is 1. The largest absolute Gasteiger partial charge is 0.272 e. The first-order valence-electron chi connectivity index (χ1n) is 6.31. The van der Waals surface area contributed by atoms with Gasteiger partial charge in [-0.3, -0.25) is 4.79 Å². The summed E-state index contributed by atoms with van der Waals surface area (Å²) in [4.78, 5) is 11.9. The van der Waals surface area contributed by atoms with Crippen LogP contribution in [0.4, 0.5) is 0 Å². The molecule has 1 heterocycles. The summed E-state index contributed by atoms with van der Waals surface area (Å²) in [6, 6.07) is 19.9. The van der Waals surface area contributed by atoms with Gasteiger partial charge in [-0.25, -0.2) is 5.43 Å². The zero-order valence-electron chi connectivity index (χ0n) is 10.4. The van der Waals surface area contributed by atoms with Crippen molar-refractivity contribution in [2.75, 3.05) is 0 Å². The lowest BCUT2D eigenvalue weighted by atomic mass is 9.91. The highest BCUT2D eigenvalue weighted by Crippen LogP contribution is 2.19. The van der Waals surface area contributed by atoms with Gasteiger partial charge >= 0.3 is 0 Å². The van der Waals surface area contributed by atoms with Crippen LogP contribution >= 0.6 is 0 Å². The molecule has 94 valence electrons. The number of nitrogens with zero attached hydrogens (tertiary/aromatic N) is 1. The molecule has 2 aromatic rings. The Morgan fingerprint density at radius 1 is 0.947 bits per heavy atom. The molecule has 0 saturated heterocycles. The number of hydrazone groups is 1. The third-order valence-corrected chi connectivity index (χ3v) is 3.29. The molecule has 3 heteroatoms. The van der Waals surface area contributed by atoms with Gasteiger partial charge in [0.05, 0.1) is 11.6 Å². The van der Waals surface area contributed by atoms with Crippen molar-refractivity contribution >= 4 is 11.6 Å². The minimum absolute atomic E-state index is 0.0253. The Hall–Kier alpha value is -2.42. The van der Waals surface area contributed by atoms with Crippen LogP contribution in [0.1, 0.15) is 11.1 Å². The second-order valence-electron chi connectivity index (χ2n) is 4.58. The molecule has 0 radical (unpaired) electrons.